The Morgan fingerprint density at radius 2 is 1.80 bits per heavy atom. The Morgan fingerprint density at radius 3 is 2.40 bits per heavy atom. The molecule has 20 heavy (non-hydrogen) atoms. The van der Waals surface area contributed by atoms with Gasteiger partial charge in [0.25, 0.3) is 0 Å². The molecule has 1 atom stereocenters. The second kappa shape index (κ2) is 7.37. The third-order valence-electron chi connectivity index (χ3n) is 3.06. The molecule has 0 heterocycles. The Kier molecular flexibility index (Phi) is 5.79. The molecule has 0 radical (unpaired) electrons. The Bertz CT molecular complexity index is 569. The molecule has 4 heteroatoms. The highest BCUT2D eigenvalue weighted by molar-refractivity contribution is 7.99. The van der Waals surface area contributed by atoms with Gasteiger partial charge in [-0.2, -0.15) is 0 Å². The zero-order valence-electron chi connectivity index (χ0n) is 11.3. The van der Waals surface area contributed by atoms with Crippen molar-refractivity contribution in [2.45, 2.75) is 35.6 Å². The summed E-state index contributed by atoms with van der Waals surface area (Å²) in [6, 6.07) is 14.1. The lowest BCUT2D eigenvalue weighted by Crippen LogP contribution is -2.21. The number of rotatable bonds is 5. The van der Waals surface area contributed by atoms with E-state index < -0.39 is 0 Å². The van der Waals surface area contributed by atoms with Gasteiger partial charge in [-0.05, 0) is 54.8 Å². The summed E-state index contributed by atoms with van der Waals surface area (Å²) in [4.78, 5) is 2.16. The molecular formula is C16H17Cl2NS. The molecule has 2 N–H and O–H groups in total. The first-order valence-corrected chi connectivity index (χ1v) is 8.13. The van der Waals surface area contributed by atoms with Gasteiger partial charge >= 0.3 is 0 Å². The Hall–Kier alpha value is -0.670. The molecule has 0 fully saturated rings. The van der Waals surface area contributed by atoms with Gasteiger partial charge in [0.1, 0.15) is 0 Å². The van der Waals surface area contributed by atoms with Crippen LogP contribution in [-0.2, 0) is 6.42 Å². The van der Waals surface area contributed by atoms with E-state index in [1.54, 1.807) is 11.8 Å². The molecule has 0 aliphatic carbocycles. The molecular weight excluding hydrogens is 309 g/mol. The second-order valence-electron chi connectivity index (χ2n) is 4.69. The molecule has 0 aromatic heterocycles. The summed E-state index contributed by atoms with van der Waals surface area (Å²) >= 11 is 13.9. The number of halogens is 2. The van der Waals surface area contributed by atoms with Gasteiger partial charge in [0.15, 0.2) is 0 Å². The zero-order chi connectivity index (χ0) is 14.5. The van der Waals surface area contributed by atoms with E-state index in [1.807, 2.05) is 30.3 Å². The molecule has 0 saturated carbocycles. The van der Waals surface area contributed by atoms with Crippen LogP contribution in [0.25, 0.3) is 0 Å². The smallest absolute Gasteiger partial charge is 0.0548 e. The van der Waals surface area contributed by atoms with E-state index in [4.69, 9.17) is 28.9 Å². The van der Waals surface area contributed by atoms with E-state index in [1.165, 1.54) is 5.56 Å². The van der Waals surface area contributed by atoms with Gasteiger partial charge in [0, 0.05) is 20.9 Å². The van der Waals surface area contributed by atoms with Crippen LogP contribution in [0.15, 0.2) is 52.3 Å². The van der Waals surface area contributed by atoms with Crippen LogP contribution < -0.4 is 5.73 Å². The summed E-state index contributed by atoms with van der Waals surface area (Å²) in [5.74, 6) is 0. The molecule has 1 nitrogen and oxygen atoms in total. The minimum absolute atomic E-state index is 0.195. The van der Waals surface area contributed by atoms with Crippen LogP contribution in [0.5, 0.6) is 0 Å². The van der Waals surface area contributed by atoms with E-state index in [2.05, 4.69) is 19.1 Å². The average Bonchev–Trinajstić information content (AvgIpc) is 2.44. The quantitative estimate of drug-likeness (QED) is 0.793. The lowest BCUT2D eigenvalue weighted by molar-refractivity contribution is 0.646. The first kappa shape index (κ1) is 15.7. The van der Waals surface area contributed by atoms with E-state index in [0.717, 1.165) is 32.7 Å². The van der Waals surface area contributed by atoms with Crippen molar-refractivity contribution < 1.29 is 0 Å². The average molecular weight is 326 g/mol. The maximum atomic E-state index is 6.35. The van der Waals surface area contributed by atoms with Crippen molar-refractivity contribution in [3.8, 4) is 0 Å². The van der Waals surface area contributed by atoms with Crippen molar-refractivity contribution in [1.82, 2.24) is 0 Å². The monoisotopic (exact) mass is 325 g/mol. The SMILES string of the molecule is CCC(N)Cc1ccc(Sc2ccc(Cl)cc2)c(Cl)c1. The fourth-order valence-electron chi connectivity index (χ4n) is 1.83. The molecule has 1 unspecified atom stereocenters. The van der Waals surface area contributed by atoms with Gasteiger partial charge in [-0.15, -0.1) is 0 Å². The summed E-state index contributed by atoms with van der Waals surface area (Å²) in [7, 11) is 0. The predicted octanol–water partition coefficient (Wildman–Crippen LogP) is 5.42. The largest absolute Gasteiger partial charge is 0.327 e. The number of hydrogen-bond donors (Lipinski definition) is 1. The fourth-order valence-corrected chi connectivity index (χ4v) is 3.09. The van der Waals surface area contributed by atoms with Gasteiger partial charge in [-0.1, -0.05) is 48.0 Å². The van der Waals surface area contributed by atoms with Crippen molar-refractivity contribution in [1.29, 1.82) is 0 Å². The molecule has 2 aromatic carbocycles. The molecule has 0 aliphatic heterocycles. The Morgan fingerprint density at radius 1 is 1.10 bits per heavy atom. The normalized spacial score (nSPS) is 12.4. The standard InChI is InChI=1S/C16H17Cl2NS/c1-2-13(19)9-11-3-8-16(15(18)10-11)20-14-6-4-12(17)5-7-14/h3-8,10,13H,2,9,19H2,1H3. The highest BCUT2D eigenvalue weighted by Gasteiger charge is 2.07. The van der Waals surface area contributed by atoms with Gasteiger partial charge in [0.05, 0.1) is 5.02 Å². The number of nitrogens with two attached hydrogens (primary N) is 1. The van der Waals surface area contributed by atoms with Crippen LogP contribution in [-0.4, -0.2) is 6.04 Å². The summed E-state index contributed by atoms with van der Waals surface area (Å²) in [5.41, 5.74) is 7.16. The van der Waals surface area contributed by atoms with Gasteiger partial charge in [0.2, 0.25) is 0 Å². The maximum Gasteiger partial charge on any atom is 0.0548 e. The summed E-state index contributed by atoms with van der Waals surface area (Å²) in [5, 5.41) is 1.51. The Balaban J connectivity index is 2.11. The van der Waals surface area contributed by atoms with E-state index >= 15 is 0 Å². The van der Waals surface area contributed by atoms with Crippen LogP contribution in [0.2, 0.25) is 10.0 Å². The molecule has 106 valence electrons. The Labute approximate surface area is 134 Å². The first-order chi connectivity index (χ1) is 9.58. The second-order valence-corrected chi connectivity index (χ2v) is 6.65. The lowest BCUT2D eigenvalue weighted by Gasteiger charge is -2.11. The minimum Gasteiger partial charge on any atom is -0.327 e. The third kappa shape index (κ3) is 4.42. The topological polar surface area (TPSA) is 26.0 Å². The molecule has 0 bridgehead atoms. The van der Waals surface area contributed by atoms with E-state index in [9.17, 15) is 0 Å². The maximum absolute atomic E-state index is 6.35. The molecule has 0 saturated heterocycles. The van der Waals surface area contributed by atoms with Gasteiger partial charge in [-0.3, -0.25) is 0 Å². The molecule has 0 aliphatic rings. The third-order valence-corrected chi connectivity index (χ3v) is 4.82. The fraction of sp³-hybridized carbons (Fsp3) is 0.250. The minimum atomic E-state index is 0.195. The van der Waals surface area contributed by atoms with Gasteiger partial charge in [-0.25, -0.2) is 0 Å². The summed E-state index contributed by atoms with van der Waals surface area (Å²) in [6.45, 7) is 2.09. The summed E-state index contributed by atoms with van der Waals surface area (Å²) in [6.07, 6.45) is 1.83. The van der Waals surface area contributed by atoms with Crippen molar-refractivity contribution in [3.63, 3.8) is 0 Å². The molecule has 0 spiro atoms. The van der Waals surface area contributed by atoms with Crippen molar-refractivity contribution in [2.75, 3.05) is 0 Å². The molecule has 2 aromatic rings. The first-order valence-electron chi connectivity index (χ1n) is 6.56. The van der Waals surface area contributed by atoms with E-state index in [-0.39, 0.29) is 6.04 Å². The zero-order valence-corrected chi connectivity index (χ0v) is 13.6. The van der Waals surface area contributed by atoms with Crippen LogP contribution >= 0.6 is 35.0 Å². The highest BCUT2D eigenvalue weighted by Crippen LogP contribution is 2.34. The number of hydrogen-bond acceptors (Lipinski definition) is 2. The van der Waals surface area contributed by atoms with Crippen LogP contribution in [0.1, 0.15) is 18.9 Å². The predicted molar refractivity (Wildman–Crippen MR) is 89.0 cm³/mol. The van der Waals surface area contributed by atoms with Crippen molar-refractivity contribution >= 4 is 35.0 Å². The van der Waals surface area contributed by atoms with Crippen LogP contribution in [0.4, 0.5) is 0 Å². The van der Waals surface area contributed by atoms with Crippen LogP contribution in [0, 0.1) is 0 Å². The van der Waals surface area contributed by atoms with Crippen molar-refractivity contribution in [3.05, 3.63) is 58.1 Å². The van der Waals surface area contributed by atoms with E-state index in [0.29, 0.717) is 0 Å². The molecule has 0 amide bonds. The van der Waals surface area contributed by atoms with Crippen molar-refractivity contribution in [2.24, 2.45) is 5.73 Å². The number of benzene rings is 2. The summed E-state index contributed by atoms with van der Waals surface area (Å²) < 4.78 is 0. The molecule has 2 rings (SSSR count). The van der Waals surface area contributed by atoms with Gasteiger partial charge < -0.3 is 5.73 Å². The van der Waals surface area contributed by atoms with Crippen LogP contribution in [0.3, 0.4) is 0 Å². The lowest BCUT2D eigenvalue weighted by atomic mass is 10.1. The highest BCUT2D eigenvalue weighted by atomic mass is 35.5.